The smallest absolute Gasteiger partial charge is 0.115 e. The van der Waals surface area contributed by atoms with Gasteiger partial charge in [-0.2, -0.15) is 0 Å². The maximum absolute atomic E-state index is 10.1. The monoisotopic (exact) mass is 518 g/mol. The summed E-state index contributed by atoms with van der Waals surface area (Å²) in [6, 6.07) is 0. The molecule has 0 aliphatic carbocycles. The molecule has 0 bridgehead atoms. The van der Waals surface area contributed by atoms with E-state index in [2.05, 4.69) is 55.4 Å². The number of ether oxygens (including phenoxy) is 6. The first-order valence-electron chi connectivity index (χ1n) is 13.6. The normalized spacial score (nSPS) is 34.0. The van der Waals surface area contributed by atoms with Crippen LogP contribution < -0.4 is 0 Å². The fraction of sp³-hybridized carbons (Fsp3) is 1.00. The van der Waals surface area contributed by atoms with Gasteiger partial charge in [-0.05, 0) is 96.9 Å². The predicted octanol–water partition coefficient (Wildman–Crippen LogP) is 5.54. The molecule has 36 heavy (non-hydrogen) atoms. The van der Waals surface area contributed by atoms with Crippen molar-refractivity contribution in [2.45, 2.75) is 169 Å². The molecule has 1 N–H and O–H groups in total. The van der Waals surface area contributed by atoms with Gasteiger partial charge >= 0.3 is 0 Å². The van der Waals surface area contributed by atoms with Crippen LogP contribution in [-0.2, 0) is 28.4 Å². The van der Waals surface area contributed by atoms with E-state index in [0.717, 1.165) is 0 Å². The Balaban J connectivity index is 0.000000360. The summed E-state index contributed by atoms with van der Waals surface area (Å²) in [5, 5.41) is 10.1. The van der Waals surface area contributed by atoms with Gasteiger partial charge in [0.05, 0.1) is 53.9 Å². The van der Waals surface area contributed by atoms with Crippen LogP contribution in [0.4, 0.5) is 0 Å². The summed E-state index contributed by atoms with van der Waals surface area (Å²) in [5.74, 6) is 0.401. The Morgan fingerprint density at radius 3 is 1.31 bits per heavy atom. The van der Waals surface area contributed by atoms with Crippen molar-refractivity contribution in [3.8, 4) is 0 Å². The molecule has 2 rings (SSSR count). The molecule has 2 aliphatic rings. The highest BCUT2D eigenvalue weighted by Gasteiger charge is 2.45. The van der Waals surface area contributed by atoms with E-state index >= 15 is 0 Å². The maximum Gasteiger partial charge on any atom is 0.115 e. The van der Waals surface area contributed by atoms with E-state index in [-0.39, 0.29) is 59.0 Å². The van der Waals surface area contributed by atoms with Crippen molar-refractivity contribution in [3.63, 3.8) is 0 Å². The van der Waals surface area contributed by atoms with Crippen molar-refractivity contribution in [2.75, 3.05) is 13.2 Å². The van der Waals surface area contributed by atoms with Gasteiger partial charge < -0.3 is 33.5 Å². The summed E-state index contributed by atoms with van der Waals surface area (Å²) < 4.78 is 35.4. The quantitative estimate of drug-likeness (QED) is 0.495. The topological polar surface area (TPSA) is 75.6 Å². The largest absolute Gasteiger partial charge is 0.388 e. The second kappa shape index (κ2) is 12.7. The zero-order chi connectivity index (χ0) is 28.3. The summed E-state index contributed by atoms with van der Waals surface area (Å²) in [7, 11) is 0. The van der Waals surface area contributed by atoms with Crippen LogP contribution in [0.2, 0.25) is 0 Å². The molecule has 7 heteroatoms. The average Bonchev–Trinajstić information content (AvgIpc) is 3.06. The van der Waals surface area contributed by atoms with Crippen LogP contribution >= 0.6 is 0 Å². The third kappa shape index (κ3) is 12.5. The first-order valence-corrected chi connectivity index (χ1v) is 13.6. The van der Waals surface area contributed by atoms with Gasteiger partial charge in [-0.3, -0.25) is 0 Å². The number of rotatable bonds is 6. The first kappa shape index (κ1) is 33.7. The Bertz CT molecular complexity index is 582. The van der Waals surface area contributed by atoms with Gasteiger partial charge in [-0.25, -0.2) is 0 Å². The Kier molecular flexibility index (Phi) is 11.9. The second-order valence-corrected chi connectivity index (χ2v) is 14.3. The molecule has 216 valence electrons. The first-order chi connectivity index (χ1) is 16.0. The third-order valence-corrected chi connectivity index (χ3v) is 5.93. The van der Waals surface area contributed by atoms with Gasteiger partial charge in [0.25, 0.3) is 0 Å². The minimum atomic E-state index is -0.599. The highest BCUT2D eigenvalue weighted by Crippen LogP contribution is 2.33. The van der Waals surface area contributed by atoms with E-state index in [1.165, 1.54) is 0 Å². The molecule has 2 saturated heterocycles. The molecule has 2 fully saturated rings. The number of hydrogen-bond acceptors (Lipinski definition) is 7. The summed E-state index contributed by atoms with van der Waals surface area (Å²) >= 11 is 0. The Labute approximate surface area is 221 Å². The third-order valence-electron chi connectivity index (χ3n) is 5.93. The minimum absolute atomic E-state index is 0.0356. The Hall–Kier alpha value is -0.280. The van der Waals surface area contributed by atoms with Crippen LogP contribution in [0.5, 0.6) is 0 Å². The number of aliphatic hydroxyl groups excluding tert-OH is 1. The number of aliphatic hydroxyl groups is 1. The fourth-order valence-corrected chi connectivity index (χ4v) is 4.08. The predicted molar refractivity (Wildman–Crippen MR) is 145 cm³/mol. The lowest BCUT2D eigenvalue weighted by Gasteiger charge is -2.31. The standard InChI is InChI=1S/C15H30O3.C14H28O4/c1-10-11(2)17-12(9-16-14(3,4)5)13(10)18-15(6,7)8;1-9-11(15)12(18-14(5,6)7)10(17-9)8-16-13(2,3)4/h10-13H,9H2,1-8H3;9-12,15H,8H2,1-7H3/t10-,11-,12+,13?;9-,10+,11-,12?/m00/s1. The van der Waals surface area contributed by atoms with E-state index in [0.29, 0.717) is 19.1 Å². The summed E-state index contributed by atoms with van der Waals surface area (Å²) in [4.78, 5) is 0. The molecule has 2 heterocycles. The Morgan fingerprint density at radius 1 is 0.556 bits per heavy atom. The van der Waals surface area contributed by atoms with Crippen molar-refractivity contribution in [1.82, 2.24) is 0 Å². The highest BCUT2D eigenvalue weighted by atomic mass is 16.6. The van der Waals surface area contributed by atoms with E-state index in [1.54, 1.807) is 0 Å². The van der Waals surface area contributed by atoms with Crippen molar-refractivity contribution < 1.29 is 33.5 Å². The minimum Gasteiger partial charge on any atom is -0.388 e. The molecule has 2 aliphatic heterocycles. The van der Waals surface area contributed by atoms with Gasteiger partial charge in [0.15, 0.2) is 0 Å². The van der Waals surface area contributed by atoms with Crippen LogP contribution in [0.3, 0.4) is 0 Å². The molecule has 0 spiro atoms. The summed E-state index contributed by atoms with van der Waals surface area (Å²) in [6.07, 6.45) is -0.985. The zero-order valence-electron chi connectivity index (χ0n) is 25.9. The molecular formula is C29H58O7. The molecule has 0 aromatic carbocycles. The van der Waals surface area contributed by atoms with Crippen LogP contribution in [-0.4, -0.2) is 83.5 Å². The lowest BCUT2D eigenvalue weighted by Crippen LogP contribution is -2.42. The summed E-state index contributed by atoms with van der Waals surface area (Å²) in [5.41, 5.74) is -0.803. The van der Waals surface area contributed by atoms with E-state index in [1.807, 2.05) is 48.5 Å². The lowest BCUT2D eigenvalue weighted by molar-refractivity contribution is -0.137. The van der Waals surface area contributed by atoms with Gasteiger partial charge in [0.1, 0.15) is 24.4 Å². The van der Waals surface area contributed by atoms with E-state index in [4.69, 9.17) is 28.4 Å². The fourth-order valence-electron chi connectivity index (χ4n) is 4.08. The van der Waals surface area contributed by atoms with Crippen molar-refractivity contribution in [3.05, 3.63) is 0 Å². The molecule has 0 radical (unpaired) electrons. The van der Waals surface area contributed by atoms with Crippen LogP contribution in [0.1, 0.15) is 104 Å². The maximum atomic E-state index is 10.1. The molecule has 0 amide bonds. The van der Waals surface area contributed by atoms with Crippen molar-refractivity contribution >= 4 is 0 Å². The van der Waals surface area contributed by atoms with Gasteiger partial charge in [0, 0.05) is 5.92 Å². The molecule has 7 nitrogen and oxygen atoms in total. The second-order valence-electron chi connectivity index (χ2n) is 14.3. The number of hydrogen-bond donors (Lipinski definition) is 1. The van der Waals surface area contributed by atoms with E-state index < -0.39 is 6.10 Å². The molecule has 8 atom stereocenters. The molecule has 0 aromatic rings. The van der Waals surface area contributed by atoms with Crippen LogP contribution in [0.15, 0.2) is 0 Å². The molecule has 0 aromatic heterocycles. The van der Waals surface area contributed by atoms with E-state index in [9.17, 15) is 5.11 Å². The van der Waals surface area contributed by atoms with Gasteiger partial charge in [-0.15, -0.1) is 0 Å². The van der Waals surface area contributed by atoms with Crippen LogP contribution in [0.25, 0.3) is 0 Å². The average molecular weight is 519 g/mol. The van der Waals surface area contributed by atoms with Crippen LogP contribution in [0, 0.1) is 5.92 Å². The Morgan fingerprint density at radius 2 is 0.917 bits per heavy atom. The molecular weight excluding hydrogens is 460 g/mol. The zero-order valence-corrected chi connectivity index (χ0v) is 25.9. The van der Waals surface area contributed by atoms with Crippen molar-refractivity contribution in [1.29, 1.82) is 0 Å². The molecule has 2 unspecified atom stereocenters. The SMILES string of the molecule is C[C@@H]1O[C@H](COC(C)(C)C)C(OC(C)(C)C)[C@H]1C.C[C@@H]1O[C@H](COC(C)(C)C)C(OC(C)(C)C)[C@H]1O. The van der Waals surface area contributed by atoms with Crippen molar-refractivity contribution in [2.24, 2.45) is 5.92 Å². The molecule has 0 saturated carbocycles. The van der Waals surface area contributed by atoms with Gasteiger partial charge in [-0.1, -0.05) is 6.92 Å². The highest BCUT2D eigenvalue weighted by molar-refractivity contribution is 4.92. The lowest BCUT2D eigenvalue weighted by atomic mass is 9.98. The summed E-state index contributed by atoms with van der Waals surface area (Å²) in [6.45, 7) is 31.6. The van der Waals surface area contributed by atoms with Gasteiger partial charge in [0.2, 0.25) is 0 Å².